The van der Waals surface area contributed by atoms with Crippen molar-refractivity contribution in [2.24, 2.45) is 0 Å². The molecule has 1 aliphatic rings. The first-order valence-electron chi connectivity index (χ1n) is 10.1. The lowest BCUT2D eigenvalue weighted by molar-refractivity contribution is 0.0950. The number of carbonyl (C=O) groups is 1. The summed E-state index contributed by atoms with van der Waals surface area (Å²) in [5, 5.41) is 5.55. The second kappa shape index (κ2) is 8.08. The second-order valence-corrected chi connectivity index (χ2v) is 8.68. The normalized spacial score (nSPS) is 15.1. The Morgan fingerprint density at radius 3 is 2.63 bits per heavy atom. The molecule has 3 heterocycles. The van der Waals surface area contributed by atoms with Gasteiger partial charge in [-0.3, -0.25) is 18.9 Å². The molecule has 7 heteroatoms. The Labute approximate surface area is 177 Å². The Balaban J connectivity index is 1.49. The maximum absolute atomic E-state index is 13.1. The Morgan fingerprint density at radius 2 is 1.83 bits per heavy atom. The number of amides is 1. The molecule has 0 atom stereocenters. The van der Waals surface area contributed by atoms with E-state index in [1.807, 2.05) is 48.2 Å². The molecule has 30 heavy (non-hydrogen) atoms. The number of hydrogen-bond donors (Lipinski definition) is 1. The molecule has 0 aliphatic carbocycles. The maximum Gasteiger partial charge on any atom is 0.265 e. The summed E-state index contributed by atoms with van der Waals surface area (Å²) in [7, 11) is 0. The van der Waals surface area contributed by atoms with E-state index in [4.69, 9.17) is 4.98 Å². The van der Waals surface area contributed by atoms with Gasteiger partial charge in [0.2, 0.25) is 0 Å². The van der Waals surface area contributed by atoms with Gasteiger partial charge in [0.25, 0.3) is 11.5 Å². The van der Waals surface area contributed by atoms with Crippen molar-refractivity contribution >= 4 is 45.0 Å². The van der Waals surface area contributed by atoms with E-state index >= 15 is 0 Å². The van der Waals surface area contributed by atoms with Crippen LogP contribution in [0, 0.1) is 0 Å². The monoisotopic (exact) mass is 418 g/mol. The molecule has 1 fully saturated rings. The minimum atomic E-state index is -0.202. The first kappa shape index (κ1) is 19.1. The molecule has 0 bridgehead atoms. The molecule has 152 valence electrons. The molecule has 4 aromatic rings. The van der Waals surface area contributed by atoms with Crippen molar-refractivity contribution in [3.63, 3.8) is 0 Å². The lowest BCUT2D eigenvalue weighted by Crippen LogP contribution is -2.39. The molecule has 1 saturated heterocycles. The van der Waals surface area contributed by atoms with Gasteiger partial charge in [0, 0.05) is 43.9 Å². The molecule has 0 spiro atoms. The maximum atomic E-state index is 13.1. The number of hydrogen-bond acceptors (Lipinski definition) is 5. The molecule has 0 unspecified atom stereocenters. The summed E-state index contributed by atoms with van der Waals surface area (Å²) < 4.78 is 1.47. The third kappa shape index (κ3) is 3.55. The molecule has 5 rings (SSSR count). The topological polar surface area (TPSA) is 66.7 Å². The van der Waals surface area contributed by atoms with Crippen LogP contribution in [0.4, 0.5) is 0 Å². The second-order valence-electron chi connectivity index (χ2n) is 7.46. The highest BCUT2D eigenvalue weighted by molar-refractivity contribution is 7.99. The van der Waals surface area contributed by atoms with Crippen LogP contribution in [0.1, 0.15) is 10.4 Å². The van der Waals surface area contributed by atoms with Gasteiger partial charge in [-0.2, -0.15) is 11.8 Å². The van der Waals surface area contributed by atoms with Crippen LogP contribution < -0.4 is 10.9 Å². The number of fused-ring (bicyclic) bond motifs is 3. The third-order valence-corrected chi connectivity index (χ3v) is 6.51. The average molecular weight is 419 g/mol. The number of thioether (sulfide) groups is 1. The summed E-state index contributed by atoms with van der Waals surface area (Å²) in [6, 6.07) is 15.1. The molecule has 6 nitrogen and oxygen atoms in total. The summed E-state index contributed by atoms with van der Waals surface area (Å²) in [4.78, 5) is 33.0. The highest BCUT2D eigenvalue weighted by Gasteiger charge is 2.16. The van der Waals surface area contributed by atoms with Gasteiger partial charge in [0.15, 0.2) is 5.65 Å². The molecular weight excluding hydrogens is 396 g/mol. The Bertz CT molecular complexity index is 1310. The van der Waals surface area contributed by atoms with E-state index in [1.165, 1.54) is 4.40 Å². The largest absolute Gasteiger partial charge is 0.351 e. The van der Waals surface area contributed by atoms with E-state index in [0.717, 1.165) is 41.9 Å². The minimum absolute atomic E-state index is 0.166. The zero-order valence-electron chi connectivity index (χ0n) is 16.5. The number of nitrogens with zero attached hydrogens (tertiary/aromatic N) is 3. The fourth-order valence-electron chi connectivity index (χ4n) is 3.94. The van der Waals surface area contributed by atoms with Crippen molar-refractivity contribution in [1.29, 1.82) is 0 Å². The Kier molecular flexibility index (Phi) is 5.14. The van der Waals surface area contributed by atoms with E-state index in [-0.39, 0.29) is 11.5 Å². The first-order chi connectivity index (χ1) is 14.7. The zero-order chi connectivity index (χ0) is 20.5. The van der Waals surface area contributed by atoms with Crippen LogP contribution in [-0.4, -0.2) is 57.9 Å². The van der Waals surface area contributed by atoms with Gasteiger partial charge in [0.05, 0.1) is 16.5 Å². The van der Waals surface area contributed by atoms with Gasteiger partial charge in [-0.15, -0.1) is 0 Å². The summed E-state index contributed by atoms with van der Waals surface area (Å²) in [6.45, 7) is 3.53. The number of carbonyl (C=O) groups excluding carboxylic acids is 1. The van der Waals surface area contributed by atoms with Gasteiger partial charge in [0.1, 0.15) is 0 Å². The van der Waals surface area contributed by atoms with E-state index in [2.05, 4.69) is 10.2 Å². The van der Waals surface area contributed by atoms with E-state index in [1.54, 1.807) is 18.3 Å². The Morgan fingerprint density at radius 1 is 1.07 bits per heavy atom. The average Bonchev–Trinajstić information content (AvgIpc) is 2.78. The van der Waals surface area contributed by atoms with Crippen LogP contribution in [0.3, 0.4) is 0 Å². The summed E-state index contributed by atoms with van der Waals surface area (Å²) in [5.74, 6) is 2.09. The first-order valence-corrected chi connectivity index (χ1v) is 11.3. The lowest BCUT2D eigenvalue weighted by atomic mass is 10.1. The number of benzene rings is 2. The summed E-state index contributed by atoms with van der Waals surface area (Å²) in [6.07, 6.45) is 1.67. The van der Waals surface area contributed by atoms with Gasteiger partial charge in [-0.25, -0.2) is 4.98 Å². The number of aromatic nitrogens is 2. The zero-order valence-corrected chi connectivity index (χ0v) is 17.3. The molecule has 1 aliphatic heterocycles. The summed E-state index contributed by atoms with van der Waals surface area (Å²) >= 11 is 1.97. The molecule has 1 amide bonds. The van der Waals surface area contributed by atoms with Gasteiger partial charge >= 0.3 is 0 Å². The number of rotatable bonds is 4. The SMILES string of the molecule is O=C(NCCN1CCSCC1)c1cccn2c(=O)c3cc4ccccc4cc3nc12. The van der Waals surface area contributed by atoms with Crippen molar-refractivity contribution in [3.05, 3.63) is 70.6 Å². The van der Waals surface area contributed by atoms with Crippen molar-refractivity contribution in [1.82, 2.24) is 19.6 Å². The number of pyridine rings is 1. The highest BCUT2D eigenvalue weighted by Crippen LogP contribution is 2.20. The van der Waals surface area contributed by atoms with Gasteiger partial charge in [-0.05, 0) is 35.0 Å². The molecule has 0 radical (unpaired) electrons. The van der Waals surface area contributed by atoms with Crippen LogP contribution in [0.15, 0.2) is 59.5 Å². The van der Waals surface area contributed by atoms with Crippen LogP contribution in [-0.2, 0) is 0 Å². The van der Waals surface area contributed by atoms with E-state index in [9.17, 15) is 9.59 Å². The third-order valence-electron chi connectivity index (χ3n) is 5.57. The van der Waals surface area contributed by atoms with Crippen molar-refractivity contribution < 1.29 is 4.79 Å². The molecule has 0 saturated carbocycles. The van der Waals surface area contributed by atoms with Crippen LogP contribution in [0.2, 0.25) is 0 Å². The standard InChI is InChI=1S/C23H22N4O2S/c28-22(24-7-9-26-10-12-30-13-11-26)18-6-3-8-27-21(18)25-20-15-17-5-2-1-4-16(17)14-19(20)23(27)29/h1-6,8,14-15H,7,9-13H2,(H,24,28). The molecule has 2 aromatic heterocycles. The Hall–Kier alpha value is -2.90. The van der Waals surface area contributed by atoms with Crippen LogP contribution in [0.25, 0.3) is 27.3 Å². The van der Waals surface area contributed by atoms with E-state index < -0.39 is 0 Å². The fraction of sp³-hybridized carbons (Fsp3) is 0.261. The quantitative estimate of drug-likeness (QED) is 0.516. The fourth-order valence-corrected chi connectivity index (χ4v) is 4.92. The van der Waals surface area contributed by atoms with Crippen molar-refractivity contribution in [3.8, 4) is 0 Å². The minimum Gasteiger partial charge on any atom is -0.351 e. The van der Waals surface area contributed by atoms with Gasteiger partial charge < -0.3 is 5.32 Å². The lowest BCUT2D eigenvalue weighted by Gasteiger charge is -2.26. The van der Waals surface area contributed by atoms with Crippen LogP contribution in [0.5, 0.6) is 0 Å². The predicted octanol–water partition coefficient (Wildman–Crippen LogP) is 2.78. The van der Waals surface area contributed by atoms with Crippen LogP contribution >= 0.6 is 11.8 Å². The molecule has 1 N–H and O–H groups in total. The smallest absolute Gasteiger partial charge is 0.265 e. The predicted molar refractivity (Wildman–Crippen MR) is 123 cm³/mol. The number of nitrogens with one attached hydrogen (secondary N) is 1. The van der Waals surface area contributed by atoms with Crippen molar-refractivity contribution in [2.75, 3.05) is 37.7 Å². The molecule has 2 aromatic carbocycles. The molecular formula is C23H22N4O2S. The summed E-state index contributed by atoms with van der Waals surface area (Å²) in [5.41, 5.74) is 1.24. The van der Waals surface area contributed by atoms with E-state index in [0.29, 0.717) is 28.7 Å². The van der Waals surface area contributed by atoms with Crippen molar-refractivity contribution in [2.45, 2.75) is 0 Å². The highest BCUT2D eigenvalue weighted by atomic mass is 32.2. The van der Waals surface area contributed by atoms with Gasteiger partial charge in [-0.1, -0.05) is 24.3 Å².